The molecule has 1 fully saturated rings. The van der Waals surface area contributed by atoms with Crippen molar-refractivity contribution >= 4 is 11.8 Å². The standard InChI is InChI=1S/C31H35F2N5O2/c1-36-16-5-9-24(36)20-40-31(34)35-29-21(15-18-37(29)2)7-3-4-10-25(27-19-22(32)11-14-28(27)33)26-13-12-23-8-6-17-38(23)30(26)39/h11-15,18-19,24-25H,5-10,16-17,20H2,1-2H3,(H2,34,35). The van der Waals surface area contributed by atoms with E-state index in [0.29, 0.717) is 37.0 Å². The lowest BCUT2D eigenvalue weighted by atomic mass is 9.88. The number of pyridine rings is 1. The van der Waals surface area contributed by atoms with Gasteiger partial charge in [0.2, 0.25) is 0 Å². The molecule has 2 atom stereocenters. The summed E-state index contributed by atoms with van der Waals surface area (Å²) in [7, 11) is 3.95. The summed E-state index contributed by atoms with van der Waals surface area (Å²) in [6, 6.07) is 9.35. The zero-order valence-electron chi connectivity index (χ0n) is 23.0. The van der Waals surface area contributed by atoms with E-state index in [0.717, 1.165) is 61.7 Å². The van der Waals surface area contributed by atoms with Crippen molar-refractivity contribution in [1.82, 2.24) is 14.0 Å². The van der Waals surface area contributed by atoms with E-state index < -0.39 is 17.6 Å². The van der Waals surface area contributed by atoms with Gasteiger partial charge in [0, 0.05) is 61.4 Å². The van der Waals surface area contributed by atoms with E-state index in [1.165, 1.54) is 0 Å². The van der Waals surface area contributed by atoms with Crippen molar-refractivity contribution in [2.24, 2.45) is 17.8 Å². The molecule has 0 radical (unpaired) electrons. The topological polar surface area (TPSA) is 77.8 Å². The van der Waals surface area contributed by atoms with Gasteiger partial charge in [-0.2, -0.15) is 4.99 Å². The van der Waals surface area contributed by atoms with Gasteiger partial charge in [0.15, 0.2) is 0 Å². The minimum absolute atomic E-state index is 0.107. The molecule has 2 aliphatic rings. The average molecular weight is 548 g/mol. The summed E-state index contributed by atoms with van der Waals surface area (Å²) in [5.74, 6) is 5.10. The monoisotopic (exact) mass is 547 g/mol. The number of nitrogens with zero attached hydrogens (tertiary/aromatic N) is 4. The van der Waals surface area contributed by atoms with Gasteiger partial charge in [-0.15, -0.1) is 5.92 Å². The zero-order valence-corrected chi connectivity index (χ0v) is 23.0. The summed E-state index contributed by atoms with van der Waals surface area (Å²) >= 11 is 0. The summed E-state index contributed by atoms with van der Waals surface area (Å²) in [5.41, 5.74) is 8.32. The van der Waals surface area contributed by atoms with Crippen LogP contribution in [-0.2, 0) is 31.2 Å². The molecule has 2 unspecified atom stereocenters. The number of rotatable bonds is 7. The predicted molar refractivity (Wildman–Crippen MR) is 152 cm³/mol. The van der Waals surface area contributed by atoms with Crippen LogP contribution in [0.1, 0.15) is 54.0 Å². The van der Waals surface area contributed by atoms with Gasteiger partial charge in [0.05, 0.1) is 0 Å². The highest BCUT2D eigenvalue weighted by Gasteiger charge is 2.24. The van der Waals surface area contributed by atoms with E-state index in [9.17, 15) is 13.6 Å². The predicted octanol–water partition coefficient (Wildman–Crippen LogP) is 4.24. The number of aliphatic imine (C=N–C) groups is 1. The average Bonchev–Trinajstić information content (AvgIpc) is 3.67. The van der Waals surface area contributed by atoms with Crippen molar-refractivity contribution < 1.29 is 13.5 Å². The summed E-state index contributed by atoms with van der Waals surface area (Å²) in [6.45, 7) is 2.18. The van der Waals surface area contributed by atoms with Crippen LogP contribution in [0, 0.1) is 23.5 Å². The number of nitrogens with two attached hydrogens (primary N) is 1. The van der Waals surface area contributed by atoms with E-state index in [-0.39, 0.29) is 23.6 Å². The molecule has 3 aromatic rings. The molecular formula is C31H35F2N5O2. The van der Waals surface area contributed by atoms with Gasteiger partial charge >= 0.3 is 0 Å². The van der Waals surface area contributed by atoms with Crippen molar-refractivity contribution in [1.29, 1.82) is 0 Å². The van der Waals surface area contributed by atoms with Gasteiger partial charge in [-0.1, -0.05) is 12.0 Å². The number of amidine groups is 1. The van der Waals surface area contributed by atoms with E-state index in [1.807, 2.05) is 29.9 Å². The number of ether oxygens (including phenoxy) is 1. The molecule has 4 heterocycles. The largest absolute Gasteiger partial charge is 0.463 e. The quantitative estimate of drug-likeness (QED) is 0.273. The first-order valence-electron chi connectivity index (χ1n) is 13.8. The maximum Gasteiger partial charge on any atom is 0.288 e. The highest BCUT2D eigenvalue weighted by Crippen LogP contribution is 2.30. The van der Waals surface area contributed by atoms with Crippen molar-refractivity contribution in [2.45, 2.75) is 57.0 Å². The molecule has 0 spiro atoms. The Balaban J connectivity index is 1.34. The van der Waals surface area contributed by atoms with Crippen LogP contribution >= 0.6 is 0 Å². The number of likely N-dealkylation sites (tertiary alicyclic amines) is 1. The highest BCUT2D eigenvalue weighted by atomic mass is 19.1. The molecule has 0 aliphatic carbocycles. The maximum atomic E-state index is 14.9. The lowest BCUT2D eigenvalue weighted by Crippen LogP contribution is -2.32. The Morgan fingerprint density at radius 3 is 2.77 bits per heavy atom. The molecule has 9 heteroatoms. The van der Waals surface area contributed by atoms with Crippen LogP contribution in [0.5, 0.6) is 0 Å². The van der Waals surface area contributed by atoms with Gasteiger partial charge in [0.25, 0.3) is 11.6 Å². The molecule has 0 saturated carbocycles. The smallest absolute Gasteiger partial charge is 0.288 e. The third-order valence-electron chi connectivity index (χ3n) is 7.96. The van der Waals surface area contributed by atoms with Crippen LogP contribution in [0.25, 0.3) is 0 Å². The molecular weight excluding hydrogens is 512 g/mol. The number of likely N-dealkylation sites (N-methyl/N-ethyl adjacent to an activating group) is 1. The second-order valence-corrected chi connectivity index (χ2v) is 10.6. The Bertz CT molecular complexity index is 1530. The Hall–Kier alpha value is -3.90. The third-order valence-corrected chi connectivity index (χ3v) is 7.96. The highest BCUT2D eigenvalue weighted by molar-refractivity contribution is 5.75. The van der Waals surface area contributed by atoms with Crippen molar-refractivity contribution in [2.75, 3.05) is 20.2 Å². The van der Waals surface area contributed by atoms with Gasteiger partial charge in [-0.25, -0.2) is 8.78 Å². The van der Waals surface area contributed by atoms with Gasteiger partial charge < -0.3 is 24.5 Å². The molecule has 0 amide bonds. The van der Waals surface area contributed by atoms with E-state index in [2.05, 4.69) is 28.8 Å². The van der Waals surface area contributed by atoms with Crippen LogP contribution < -0.4 is 11.3 Å². The molecule has 40 heavy (non-hydrogen) atoms. The van der Waals surface area contributed by atoms with Crippen molar-refractivity contribution in [3.8, 4) is 11.8 Å². The molecule has 2 aromatic heterocycles. The van der Waals surface area contributed by atoms with Crippen molar-refractivity contribution in [3.05, 3.63) is 87.0 Å². The number of benzene rings is 1. The second-order valence-electron chi connectivity index (χ2n) is 10.6. The summed E-state index contributed by atoms with van der Waals surface area (Å²) in [6.07, 6.45) is 6.38. The molecule has 1 saturated heterocycles. The Labute approximate surface area is 233 Å². The number of aromatic nitrogens is 2. The first-order chi connectivity index (χ1) is 19.3. The fourth-order valence-corrected chi connectivity index (χ4v) is 5.65. The number of aryl methyl sites for hydroxylation is 2. The number of hydrogen-bond donors (Lipinski definition) is 1. The lowest BCUT2D eigenvalue weighted by molar-refractivity contribution is 0.188. The minimum Gasteiger partial charge on any atom is -0.463 e. The van der Waals surface area contributed by atoms with Gasteiger partial charge in [-0.05, 0) is 75.2 Å². The van der Waals surface area contributed by atoms with Gasteiger partial charge in [0.1, 0.15) is 24.1 Å². The first-order valence-corrected chi connectivity index (χ1v) is 13.8. The third kappa shape index (κ3) is 5.97. The van der Waals surface area contributed by atoms with Crippen LogP contribution in [-0.4, -0.2) is 46.3 Å². The number of hydrogen-bond acceptors (Lipinski definition) is 4. The molecule has 7 nitrogen and oxygen atoms in total. The Morgan fingerprint density at radius 1 is 1.12 bits per heavy atom. The van der Waals surface area contributed by atoms with Crippen LogP contribution in [0.4, 0.5) is 14.6 Å². The van der Waals surface area contributed by atoms with Crippen LogP contribution in [0.3, 0.4) is 0 Å². The van der Waals surface area contributed by atoms with E-state index in [4.69, 9.17) is 10.5 Å². The van der Waals surface area contributed by atoms with E-state index >= 15 is 0 Å². The summed E-state index contributed by atoms with van der Waals surface area (Å²) in [5, 5.41) is 0. The number of halogens is 2. The molecule has 2 N–H and O–H groups in total. The molecule has 1 aromatic carbocycles. The summed E-state index contributed by atoms with van der Waals surface area (Å²) in [4.78, 5) is 20.0. The normalized spacial score (nSPS) is 17.9. The van der Waals surface area contributed by atoms with Crippen LogP contribution in [0.15, 0.2) is 52.4 Å². The van der Waals surface area contributed by atoms with Crippen LogP contribution in [0.2, 0.25) is 0 Å². The van der Waals surface area contributed by atoms with Crippen molar-refractivity contribution in [3.63, 3.8) is 0 Å². The zero-order chi connectivity index (χ0) is 28.2. The maximum absolute atomic E-state index is 14.9. The molecule has 210 valence electrons. The Kier molecular flexibility index (Phi) is 8.36. The summed E-state index contributed by atoms with van der Waals surface area (Å²) < 4.78 is 38.3. The SMILES string of the molecule is CN1CCCC1COC(N)=Nc1c(CC#CCC(c2cc(F)ccc2F)c2ccc3n(c2=O)CCC3)ccn1C. The second kappa shape index (κ2) is 12.1. The molecule has 2 aliphatic heterocycles. The lowest BCUT2D eigenvalue weighted by Gasteiger charge is -2.19. The molecule has 5 rings (SSSR count). The Morgan fingerprint density at radius 2 is 1.98 bits per heavy atom. The fourth-order valence-electron chi connectivity index (χ4n) is 5.65. The first kappa shape index (κ1) is 27.7. The fraction of sp³-hybridized carbons (Fsp3) is 0.419. The number of fused-ring (bicyclic) bond motifs is 1. The van der Waals surface area contributed by atoms with Gasteiger partial charge in [-0.3, -0.25) is 4.79 Å². The van der Waals surface area contributed by atoms with E-state index in [1.54, 1.807) is 10.6 Å². The minimum atomic E-state index is -0.694. The molecule has 0 bridgehead atoms.